The van der Waals surface area contributed by atoms with Gasteiger partial charge >= 0.3 is 0 Å². The lowest BCUT2D eigenvalue weighted by Gasteiger charge is -2.35. The molecule has 2 aliphatic rings. The normalized spacial score (nSPS) is 17.7. The molecule has 3 amide bonds. The molecular formula is C41H60N6O7S. The Balaban J connectivity index is 1.42. The van der Waals surface area contributed by atoms with Gasteiger partial charge in [-0.15, -0.1) is 0 Å². The van der Waals surface area contributed by atoms with Gasteiger partial charge in [0.05, 0.1) is 37.4 Å². The van der Waals surface area contributed by atoms with Crippen molar-refractivity contribution >= 4 is 38.5 Å². The van der Waals surface area contributed by atoms with Crippen LogP contribution >= 0.6 is 0 Å². The van der Waals surface area contributed by atoms with E-state index in [1.807, 2.05) is 56.3 Å². The summed E-state index contributed by atoms with van der Waals surface area (Å²) >= 11 is 0. The summed E-state index contributed by atoms with van der Waals surface area (Å²) in [5.41, 5.74) is 1.53. The number of sulfonamides is 1. The Morgan fingerprint density at radius 1 is 1.05 bits per heavy atom. The number of fused-ring (bicyclic) bond motifs is 1. The van der Waals surface area contributed by atoms with E-state index in [0.29, 0.717) is 50.8 Å². The van der Waals surface area contributed by atoms with E-state index in [0.717, 1.165) is 48.4 Å². The van der Waals surface area contributed by atoms with E-state index in [4.69, 9.17) is 4.74 Å². The number of aromatic nitrogens is 2. The molecular weight excluding hydrogens is 721 g/mol. The van der Waals surface area contributed by atoms with Crippen LogP contribution in [0.4, 0.5) is 0 Å². The number of carbonyl (C=O) groups excluding carboxylic acids is 3. The quantitative estimate of drug-likeness (QED) is 0.131. The van der Waals surface area contributed by atoms with Crippen LogP contribution in [0.2, 0.25) is 0 Å². The van der Waals surface area contributed by atoms with Crippen molar-refractivity contribution in [1.29, 1.82) is 0 Å². The number of nitrogens with one attached hydrogen (secondary N) is 3. The van der Waals surface area contributed by atoms with Crippen LogP contribution in [0, 0.1) is 11.8 Å². The van der Waals surface area contributed by atoms with Gasteiger partial charge in [-0.3, -0.25) is 14.4 Å². The third-order valence-electron chi connectivity index (χ3n) is 11.0. The fourth-order valence-electron chi connectivity index (χ4n) is 7.91. The standard InChI is InChI=1S/C41H60N6O7S/c1-3-22-55(52,53)44-26-30(2)23-38(48)36(24-31-10-5-4-6-11-31)45-41(51)37(25-34-27-42-29-43-34)47(28-33-14-9-13-32-12-7-8-15-35(32)33)40(50)17-16-39(49)46-18-20-54-21-19-46/h7-9,12-15,27,29-31,36-38,44,48H,3-6,10-11,16-26,28H2,1-2H3,(H,42,43)(H,45,51)/t30-,36+,37?,38+/m1/s1. The molecule has 3 aromatic rings. The fourth-order valence-corrected chi connectivity index (χ4v) is 9.13. The van der Waals surface area contributed by atoms with Crippen LogP contribution < -0.4 is 10.0 Å². The second kappa shape index (κ2) is 20.9. The lowest BCUT2D eigenvalue weighted by molar-refractivity contribution is -0.144. The highest BCUT2D eigenvalue weighted by Crippen LogP contribution is 2.29. The van der Waals surface area contributed by atoms with Crippen LogP contribution in [0.5, 0.6) is 0 Å². The maximum absolute atomic E-state index is 14.8. The minimum atomic E-state index is -3.41. The van der Waals surface area contributed by atoms with Gasteiger partial charge in [-0.1, -0.05) is 88.4 Å². The number of morpholine rings is 1. The van der Waals surface area contributed by atoms with E-state index in [9.17, 15) is 27.9 Å². The van der Waals surface area contributed by atoms with Crippen LogP contribution in [-0.2, 0) is 42.1 Å². The number of ether oxygens (including phenoxy) is 1. The van der Waals surface area contributed by atoms with Crippen molar-refractivity contribution in [2.75, 3.05) is 38.6 Å². The molecule has 0 bridgehead atoms. The van der Waals surface area contributed by atoms with E-state index in [-0.39, 0.29) is 62.3 Å². The zero-order valence-corrected chi connectivity index (χ0v) is 33.3. The summed E-state index contributed by atoms with van der Waals surface area (Å²) in [4.78, 5) is 53.0. The van der Waals surface area contributed by atoms with Crippen LogP contribution in [0.25, 0.3) is 10.8 Å². The van der Waals surface area contributed by atoms with Crippen LogP contribution in [0.3, 0.4) is 0 Å². The van der Waals surface area contributed by atoms with Gasteiger partial charge in [0, 0.05) is 57.3 Å². The smallest absolute Gasteiger partial charge is 0.243 e. The molecule has 1 saturated heterocycles. The van der Waals surface area contributed by atoms with Gasteiger partial charge in [-0.25, -0.2) is 18.1 Å². The topological polar surface area (TPSA) is 174 Å². The zero-order valence-electron chi connectivity index (χ0n) is 32.5. The van der Waals surface area contributed by atoms with Crippen molar-refractivity contribution in [2.45, 2.75) is 109 Å². The molecule has 0 radical (unpaired) electrons. The highest BCUT2D eigenvalue weighted by molar-refractivity contribution is 7.89. The summed E-state index contributed by atoms with van der Waals surface area (Å²) in [6.45, 7) is 5.89. The Hall–Kier alpha value is -3.85. The average Bonchev–Trinajstić information content (AvgIpc) is 3.71. The molecule has 302 valence electrons. The predicted molar refractivity (Wildman–Crippen MR) is 212 cm³/mol. The first-order chi connectivity index (χ1) is 26.5. The molecule has 13 nitrogen and oxygen atoms in total. The molecule has 1 saturated carbocycles. The molecule has 2 heterocycles. The van der Waals surface area contributed by atoms with Crippen LogP contribution in [0.1, 0.15) is 89.3 Å². The monoisotopic (exact) mass is 780 g/mol. The Bertz CT molecular complexity index is 1770. The number of amides is 3. The molecule has 4 atom stereocenters. The summed E-state index contributed by atoms with van der Waals surface area (Å²) in [6, 6.07) is 12.2. The fraction of sp³-hybridized carbons (Fsp3) is 0.610. The number of rotatable bonds is 20. The predicted octanol–water partition coefficient (Wildman–Crippen LogP) is 4.31. The van der Waals surface area contributed by atoms with Gasteiger partial charge in [0.15, 0.2) is 0 Å². The third kappa shape index (κ3) is 12.8. The van der Waals surface area contributed by atoms with Crippen molar-refractivity contribution < 1.29 is 32.6 Å². The molecule has 0 spiro atoms. The number of aromatic amines is 1. The average molecular weight is 781 g/mol. The number of nitrogens with zero attached hydrogens (tertiary/aromatic N) is 3. The Kier molecular flexibility index (Phi) is 16.1. The lowest BCUT2D eigenvalue weighted by atomic mass is 9.82. The minimum absolute atomic E-state index is 0.00614. The first-order valence-corrected chi connectivity index (χ1v) is 21.7. The number of hydrogen-bond acceptors (Lipinski definition) is 8. The van der Waals surface area contributed by atoms with Gasteiger partial charge in [-0.05, 0) is 47.4 Å². The van der Waals surface area contributed by atoms with E-state index in [1.165, 1.54) is 6.33 Å². The Morgan fingerprint density at radius 2 is 1.80 bits per heavy atom. The van der Waals surface area contributed by atoms with E-state index < -0.39 is 34.1 Å². The number of aliphatic hydroxyl groups excluding tert-OH is 1. The zero-order chi connectivity index (χ0) is 39.2. The molecule has 2 fully saturated rings. The second-order valence-corrected chi connectivity index (χ2v) is 17.3. The Morgan fingerprint density at radius 3 is 2.53 bits per heavy atom. The van der Waals surface area contributed by atoms with Gasteiger partial charge in [0.25, 0.3) is 0 Å². The summed E-state index contributed by atoms with van der Waals surface area (Å²) < 4.78 is 32.8. The minimum Gasteiger partial charge on any atom is -0.391 e. The van der Waals surface area contributed by atoms with Gasteiger partial charge in [0.1, 0.15) is 6.04 Å². The molecule has 4 N–H and O–H groups in total. The van der Waals surface area contributed by atoms with Crippen molar-refractivity contribution in [2.24, 2.45) is 11.8 Å². The van der Waals surface area contributed by atoms with E-state index in [2.05, 4.69) is 20.0 Å². The largest absolute Gasteiger partial charge is 0.391 e. The number of benzene rings is 2. The SMILES string of the molecule is CCCS(=O)(=O)NC[C@H](C)C[C@H](O)[C@H](CC1CCCCC1)NC(=O)C(Cc1cnc[nH]1)N(Cc1cccc2ccccc12)C(=O)CCC(=O)N1CCOCC1. The third-order valence-corrected chi connectivity index (χ3v) is 12.5. The number of aliphatic hydroxyl groups is 1. The summed E-state index contributed by atoms with van der Waals surface area (Å²) in [5.74, 6) is -0.696. The number of imidazole rings is 1. The van der Waals surface area contributed by atoms with Gasteiger partial charge < -0.3 is 29.9 Å². The molecule has 55 heavy (non-hydrogen) atoms. The molecule has 2 aromatic carbocycles. The molecule has 1 aliphatic carbocycles. The maximum Gasteiger partial charge on any atom is 0.243 e. The molecule has 1 aliphatic heterocycles. The summed E-state index contributed by atoms with van der Waals surface area (Å²) in [6.07, 6.45) is 9.01. The number of carbonyl (C=O) groups is 3. The number of H-pyrrole nitrogens is 1. The van der Waals surface area contributed by atoms with Gasteiger partial charge in [0.2, 0.25) is 27.7 Å². The first kappa shape index (κ1) is 42.3. The Labute approximate surface area is 326 Å². The van der Waals surface area contributed by atoms with Crippen LogP contribution in [-0.4, -0.2) is 108 Å². The molecule has 14 heteroatoms. The van der Waals surface area contributed by atoms with Crippen molar-refractivity contribution in [3.63, 3.8) is 0 Å². The second-order valence-electron chi connectivity index (χ2n) is 15.4. The van der Waals surface area contributed by atoms with Crippen molar-refractivity contribution in [3.8, 4) is 0 Å². The lowest BCUT2D eigenvalue weighted by Crippen LogP contribution is -2.55. The first-order valence-electron chi connectivity index (χ1n) is 20.1. The van der Waals surface area contributed by atoms with Gasteiger partial charge in [-0.2, -0.15) is 0 Å². The van der Waals surface area contributed by atoms with E-state index >= 15 is 0 Å². The van der Waals surface area contributed by atoms with Crippen molar-refractivity contribution in [1.82, 2.24) is 29.8 Å². The maximum atomic E-state index is 14.8. The number of hydrogen-bond donors (Lipinski definition) is 4. The molecule has 5 rings (SSSR count). The highest BCUT2D eigenvalue weighted by Gasteiger charge is 2.35. The highest BCUT2D eigenvalue weighted by atomic mass is 32.2. The summed E-state index contributed by atoms with van der Waals surface area (Å²) in [7, 11) is -3.41. The van der Waals surface area contributed by atoms with E-state index in [1.54, 1.807) is 16.0 Å². The van der Waals surface area contributed by atoms with Crippen molar-refractivity contribution in [3.05, 3.63) is 66.2 Å². The molecule has 1 aromatic heterocycles. The van der Waals surface area contributed by atoms with Crippen LogP contribution in [0.15, 0.2) is 55.0 Å². The molecule has 1 unspecified atom stereocenters. The summed E-state index contributed by atoms with van der Waals surface area (Å²) in [5, 5.41) is 16.9.